The number of nitrogens with zero attached hydrogens (tertiary/aromatic N) is 2. The van der Waals surface area contributed by atoms with Crippen LogP contribution < -0.4 is 10.1 Å². The summed E-state index contributed by atoms with van der Waals surface area (Å²) in [7, 11) is -3.90. The van der Waals surface area contributed by atoms with E-state index in [1.165, 1.54) is 18.2 Å². The zero-order valence-electron chi connectivity index (χ0n) is 16.2. The third kappa shape index (κ3) is 5.61. The monoisotopic (exact) mass is 449 g/mol. The number of unbranched alkanes of at least 4 members (excludes halogenated alkanes) is 1. The summed E-state index contributed by atoms with van der Waals surface area (Å²) < 4.78 is 44.0. The van der Waals surface area contributed by atoms with Crippen LogP contribution in [0, 0.1) is 5.82 Å². The van der Waals surface area contributed by atoms with Gasteiger partial charge in [-0.25, -0.2) is 12.8 Å². The van der Waals surface area contributed by atoms with Gasteiger partial charge in [-0.15, -0.1) is 10.2 Å². The number of carbonyl (C=O) groups is 1. The molecule has 158 valence electrons. The number of anilines is 1. The van der Waals surface area contributed by atoms with Crippen LogP contribution in [0.25, 0.3) is 0 Å². The van der Waals surface area contributed by atoms with E-state index in [-0.39, 0.29) is 15.0 Å². The topological polar surface area (TPSA) is 98.2 Å². The number of halogens is 1. The maximum absolute atomic E-state index is 13.8. The van der Waals surface area contributed by atoms with Crippen molar-refractivity contribution in [2.75, 3.05) is 11.9 Å². The Labute approximate surface area is 177 Å². The first kappa shape index (κ1) is 21.8. The Bertz CT molecular complexity index is 1120. The van der Waals surface area contributed by atoms with Gasteiger partial charge in [-0.2, -0.15) is 0 Å². The van der Waals surface area contributed by atoms with Crippen LogP contribution in [0.5, 0.6) is 5.75 Å². The second-order valence-electron chi connectivity index (χ2n) is 6.40. The molecule has 0 saturated carbocycles. The first-order chi connectivity index (χ1) is 14.4. The molecule has 1 amide bonds. The van der Waals surface area contributed by atoms with Crippen molar-refractivity contribution in [2.24, 2.45) is 0 Å². The molecule has 0 aliphatic heterocycles. The number of nitrogens with one attached hydrogen (secondary N) is 1. The van der Waals surface area contributed by atoms with Gasteiger partial charge in [0.05, 0.1) is 12.4 Å². The number of hydrogen-bond donors (Lipinski definition) is 1. The molecule has 0 fully saturated rings. The van der Waals surface area contributed by atoms with Crippen LogP contribution in [-0.2, 0) is 15.6 Å². The summed E-state index contributed by atoms with van der Waals surface area (Å²) in [5.74, 6) is -0.940. The Balaban J connectivity index is 1.64. The number of carbonyl (C=O) groups excluding carboxylic acids is 1. The van der Waals surface area contributed by atoms with Crippen molar-refractivity contribution in [1.29, 1.82) is 0 Å². The van der Waals surface area contributed by atoms with Crippen molar-refractivity contribution in [3.05, 3.63) is 65.5 Å². The molecule has 0 spiro atoms. The third-order valence-electron chi connectivity index (χ3n) is 4.08. The predicted octanol–water partition coefficient (Wildman–Crippen LogP) is 4.08. The first-order valence-corrected chi connectivity index (χ1v) is 11.7. The fourth-order valence-electron chi connectivity index (χ4n) is 2.47. The van der Waals surface area contributed by atoms with Crippen molar-refractivity contribution >= 4 is 32.2 Å². The molecule has 0 unspecified atom stereocenters. The highest BCUT2D eigenvalue weighted by atomic mass is 32.2. The van der Waals surface area contributed by atoms with Crippen LogP contribution in [0.2, 0.25) is 0 Å². The fourth-order valence-corrected chi connectivity index (χ4v) is 4.80. The van der Waals surface area contributed by atoms with Gasteiger partial charge in [-0.05, 0) is 36.8 Å². The van der Waals surface area contributed by atoms with E-state index in [9.17, 15) is 17.6 Å². The molecule has 3 rings (SSSR count). The normalized spacial score (nSPS) is 11.3. The van der Waals surface area contributed by atoms with Crippen LogP contribution in [0.1, 0.15) is 35.7 Å². The molecule has 1 N–H and O–H groups in total. The lowest BCUT2D eigenvalue weighted by atomic mass is 10.2. The van der Waals surface area contributed by atoms with E-state index in [2.05, 4.69) is 22.4 Å². The average Bonchev–Trinajstić information content (AvgIpc) is 3.20. The van der Waals surface area contributed by atoms with E-state index in [0.29, 0.717) is 29.3 Å². The highest BCUT2D eigenvalue weighted by Crippen LogP contribution is 2.25. The smallest absolute Gasteiger partial charge is 0.257 e. The third-order valence-corrected chi connectivity index (χ3v) is 7.03. The Morgan fingerprint density at radius 2 is 1.87 bits per heavy atom. The van der Waals surface area contributed by atoms with E-state index in [1.807, 2.05) is 0 Å². The summed E-state index contributed by atoms with van der Waals surface area (Å²) in [4.78, 5) is 12.4. The molecule has 30 heavy (non-hydrogen) atoms. The number of hydrogen-bond acceptors (Lipinski definition) is 7. The summed E-state index contributed by atoms with van der Waals surface area (Å²) in [6.07, 6.45) is 1.97. The number of sulfone groups is 1. The van der Waals surface area contributed by atoms with Gasteiger partial charge in [0.15, 0.2) is 0 Å². The van der Waals surface area contributed by atoms with Crippen molar-refractivity contribution < 1.29 is 22.3 Å². The fraction of sp³-hybridized carbons (Fsp3) is 0.250. The largest absolute Gasteiger partial charge is 0.494 e. The maximum Gasteiger partial charge on any atom is 0.257 e. The van der Waals surface area contributed by atoms with Gasteiger partial charge in [0.25, 0.3) is 5.91 Å². The van der Waals surface area contributed by atoms with Crippen molar-refractivity contribution in [2.45, 2.75) is 29.9 Å². The number of aromatic nitrogens is 2. The molecule has 1 heterocycles. The van der Waals surface area contributed by atoms with Crippen LogP contribution in [-0.4, -0.2) is 31.1 Å². The van der Waals surface area contributed by atoms with Crippen molar-refractivity contribution in [3.8, 4) is 5.75 Å². The van der Waals surface area contributed by atoms with Crippen molar-refractivity contribution in [3.63, 3.8) is 0 Å². The van der Waals surface area contributed by atoms with E-state index < -0.39 is 27.3 Å². The lowest BCUT2D eigenvalue weighted by Gasteiger charge is -2.06. The summed E-state index contributed by atoms with van der Waals surface area (Å²) in [6, 6.07) is 12.2. The highest BCUT2D eigenvalue weighted by Gasteiger charge is 2.23. The zero-order valence-corrected chi connectivity index (χ0v) is 17.8. The molecular weight excluding hydrogens is 429 g/mol. The molecule has 0 aliphatic carbocycles. The van der Waals surface area contributed by atoms with Crippen LogP contribution in [0.3, 0.4) is 0 Å². The van der Waals surface area contributed by atoms with Gasteiger partial charge in [-0.3, -0.25) is 10.1 Å². The lowest BCUT2D eigenvalue weighted by molar-refractivity contribution is 0.102. The van der Waals surface area contributed by atoms with Gasteiger partial charge in [0, 0.05) is 11.1 Å². The maximum atomic E-state index is 13.8. The predicted molar refractivity (Wildman–Crippen MR) is 112 cm³/mol. The van der Waals surface area contributed by atoms with E-state index in [0.717, 1.165) is 12.8 Å². The van der Waals surface area contributed by atoms with Crippen LogP contribution in [0.4, 0.5) is 9.52 Å². The molecule has 7 nitrogen and oxygen atoms in total. The molecule has 0 radical (unpaired) electrons. The molecule has 0 saturated heterocycles. The van der Waals surface area contributed by atoms with Gasteiger partial charge in [0.2, 0.25) is 19.3 Å². The molecule has 0 aliphatic rings. The van der Waals surface area contributed by atoms with Crippen LogP contribution >= 0.6 is 11.3 Å². The molecule has 3 aromatic rings. The van der Waals surface area contributed by atoms with Gasteiger partial charge in [0.1, 0.15) is 11.6 Å². The summed E-state index contributed by atoms with van der Waals surface area (Å²) in [5.41, 5.74) is 0.406. The van der Waals surface area contributed by atoms with E-state index >= 15 is 0 Å². The number of ether oxygens (including phenoxy) is 1. The Morgan fingerprint density at radius 3 is 2.57 bits per heavy atom. The quantitative estimate of drug-likeness (QED) is 0.390. The molecule has 10 heteroatoms. The number of rotatable bonds is 9. The Kier molecular flexibility index (Phi) is 7.11. The molecular formula is C20H20FN3O4S2. The van der Waals surface area contributed by atoms with Gasteiger partial charge < -0.3 is 4.74 Å². The minimum Gasteiger partial charge on any atom is -0.494 e. The van der Waals surface area contributed by atoms with Crippen LogP contribution in [0.15, 0.2) is 52.9 Å². The molecule has 0 atom stereocenters. The summed E-state index contributed by atoms with van der Waals surface area (Å²) in [6.45, 7) is 2.68. The van der Waals surface area contributed by atoms with Gasteiger partial charge in [-0.1, -0.05) is 42.9 Å². The van der Waals surface area contributed by atoms with E-state index in [1.54, 1.807) is 30.3 Å². The first-order valence-electron chi connectivity index (χ1n) is 9.23. The second kappa shape index (κ2) is 9.77. The average molecular weight is 450 g/mol. The summed E-state index contributed by atoms with van der Waals surface area (Å²) >= 11 is 0.715. The van der Waals surface area contributed by atoms with Gasteiger partial charge >= 0.3 is 0 Å². The second-order valence-corrected chi connectivity index (χ2v) is 9.54. The van der Waals surface area contributed by atoms with E-state index in [4.69, 9.17) is 4.74 Å². The number of amides is 1. The standard InChI is InChI=1S/C20H20FN3O4S2/c1-2-3-12-28-16-10-8-14(9-11-16)18(25)22-19-23-24-20(29-19)30(26,27)13-15-6-4-5-7-17(15)21/h4-11H,2-3,12-13H2,1H3,(H,22,23,25). The highest BCUT2D eigenvalue weighted by molar-refractivity contribution is 7.92. The minimum absolute atomic E-state index is 0.0374. The SMILES string of the molecule is CCCCOc1ccc(C(=O)Nc2nnc(S(=O)(=O)Cc3ccccc3F)s2)cc1. The molecule has 0 bridgehead atoms. The molecule has 1 aromatic heterocycles. The Hall–Kier alpha value is -2.85. The molecule has 2 aromatic carbocycles. The lowest BCUT2D eigenvalue weighted by Crippen LogP contribution is -2.11. The summed E-state index contributed by atoms with van der Waals surface area (Å²) in [5, 5.41) is 9.92. The zero-order chi connectivity index (χ0) is 21.6. The Morgan fingerprint density at radius 1 is 1.13 bits per heavy atom. The number of benzene rings is 2. The van der Waals surface area contributed by atoms with Crippen molar-refractivity contribution in [1.82, 2.24) is 10.2 Å². The minimum atomic E-state index is -3.90.